The maximum Gasteiger partial charge on any atom is 0.387 e. The maximum atomic E-state index is 12.7. The van der Waals surface area contributed by atoms with Gasteiger partial charge in [0.15, 0.2) is 0 Å². The molecule has 1 aliphatic heterocycles. The van der Waals surface area contributed by atoms with Crippen molar-refractivity contribution >= 4 is 17.5 Å². The molecular weight excluding hydrogens is 400 g/mol. The summed E-state index contributed by atoms with van der Waals surface area (Å²) < 4.78 is 29.6. The van der Waals surface area contributed by atoms with E-state index in [1.165, 1.54) is 41.3 Å². The molecule has 30 heavy (non-hydrogen) atoms. The van der Waals surface area contributed by atoms with Gasteiger partial charge in [-0.05, 0) is 31.2 Å². The fraction of sp³-hybridized carbons (Fsp3) is 0.300. The van der Waals surface area contributed by atoms with Crippen LogP contribution < -0.4 is 4.74 Å². The standard InChI is InChI=1S/C20H19F2N3O5/c1-13-12-14(6-7-16(13)25(28)29)18(26)23-8-10-24(11-9-23)19(27)15-4-2-3-5-17(15)30-20(21)22/h2-7,12,20H,8-11H2,1H3. The molecule has 0 aromatic heterocycles. The lowest BCUT2D eigenvalue weighted by atomic mass is 10.1. The number of hydrogen-bond acceptors (Lipinski definition) is 5. The molecule has 0 N–H and O–H groups in total. The van der Waals surface area contributed by atoms with Crippen molar-refractivity contribution in [1.29, 1.82) is 0 Å². The van der Waals surface area contributed by atoms with Crippen molar-refractivity contribution in [2.24, 2.45) is 0 Å². The molecular formula is C20H19F2N3O5. The van der Waals surface area contributed by atoms with Crippen LogP contribution in [0, 0.1) is 17.0 Å². The molecule has 1 aliphatic rings. The van der Waals surface area contributed by atoms with E-state index < -0.39 is 17.4 Å². The van der Waals surface area contributed by atoms with Crippen molar-refractivity contribution in [3.05, 3.63) is 69.3 Å². The fourth-order valence-corrected chi connectivity index (χ4v) is 3.30. The van der Waals surface area contributed by atoms with Gasteiger partial charge in [-0.15, -0.1) is 0 Å². The van der Waals surface area contributed by atoms with E-state index in [-0.39, 0.29) is 49.1 Å². The summed E-state index contributed by atoms with van der Waals surface area (Å²) in [6.07, 6.45) is 0. The van der Waals surface area contributed by atoms with Gasteiger partial charge in [0, 0.05) is 43.4 Å². The Bertz CT molecular complexity index is 975. The number of halogens is 2. The van der Waals surface area contributed by atoms with Gasteiger partial charge in [0.1, 0.15) is 5.75 Å². The quantitative estimate of drug-likeness (QED) is 0.549. The van der Waals surface area contributed by atoms with Crippen molar-refractivity contribution in [3.63, 3.8) is 0 Å². The van der Waals surface area contributed by atoms with Gasteiger partial charge in [0.25, 0.3) is 17.5 Å². The van der Waals surface area contributed by atoms with E-state index in [9.17, 15) is 28.5 Å². The molecule has 0 atom stereocenters. The summed E-state index contributed by atoms with van der Waals surface area (Å²) in [7, 11) is 0. The number of rotatable bonds is 5. The maximum absolute atomic E-state index is 12.7. The second-order valence-electron chi connectivity index (χ2n) is 6.72. The number of para-hydroxylation sites is 1. The lowest BCUT2D eigenvalue weighted by molar-refractivity contribution is -0.385. The number of hydrogen-bond donors (Lipinski definition) is 0. The number of piperazine rings is 1. The van der Waals surface area contributed by atoms with E-state index in [0.717, 1.165) is 0 Å². The summed E-state index contributed by atoms with van der Waals surface area (Å²) >= 11 is 0. The minimum atomic E-state index is -3.04. The van der Waals surface area contributed by atoms with Crippen molar-refractivity contribution in [3.8, 4) is 5.75 Å². The van der Waals surface area contributed by atoms with Gasteiger partial charge in [-0.1, -0.05) is 12.1 Å². The highest BCUT2D eigenvalue weighted by atomic mass is 19.3. The molecule has 1 heterocycles. The van der Waals surface area contributed by atoms with E-state index >= 15 is 0 Å². The Morgan fingerprint density at radius 3 is 2.20 bits per heavy atom. The SMILES string of the molecule is Cc1cc(C(=O)N2CCN(C(=O)c3ccccc3OC(F)F)CC2)ccc1[N+](=O)[O-]. The predicted octanol–water partition coefficient (Wildman–Crippen LogP) is 3.10. The van der Waals surface area contributed by atoms with Gasteiger partial charge >= 0.3 is 6.61 Å². The number of carbonyl (C=O) groups is 2. The van der Waals surface area contributed by atoms with Crippen LogP contribution in [0.5, 0.6) is 5.75 Å². The van der Waals surface area contributed by atoms with E-state index in [1.807, 2.05) is 0 Å². The Morgan fingerprint density at radius 2 is 1.63 bits per heavy atom. The molecule has 3 rings (SSSR count). The summed E-state index contributed by atoms with van der Waals surface area (Å²) in [5, 5.41) is 10.9. The second-order valence-corrected chi connectivity index (χ2v) is 6.72. The molecule has 2 aromatic carbocycles. The Hall–Kier alpha value is -3.56. The van der Waals surface area contributed by atoms with Crippen molar-refractivity contribution in [2.45, 2.75) is 13.5 Å². The summed E-state index contributed by atoms with van der Waals surface area (Å²) in [5.74, 6) is -0.941. The normalized spacial score (nSPS) is 14.0. The van der Waals surface area contributed by atoms with Crippen LogP contribution in [0.15, 0.2) is 42.5 Å². The molecule has 8 nitrogen and oxygen atoms in total. The zero-order chi connectivity index (χ0) is 21.8. The number of benzene rings is 2. The fourth-order valence-electron chi connectivity index (χ4n) is 3.30. The third-order valence-electron chi connectivity index (χ3n) is 4.83. The highest BCUT2D eigenvalue weighted by Gasteiger charge is 2.28. The Kier molecular flexibility index (Phi) is 6.24. The molecule has 1 saturated heterocycles. The number of alkyl halides is 2. The molecule has 0 saturated carbocycles. The van der Waals surface area contributed by atoms with Gasteiger partial charge in [-0.3, -0.25) is 19.7 Å². The average molecular weight is 419 g/mol. The Balaban J connectivity index is 1.66. The van der Waals surface area contributed by atoms with Crippen LogP contribution in [0.1, 0.15) is 26.3 Å². The molecule has 0 radical (unpaired) electrons. The van der Waals surface area contributed by atoms with Crippen molar-refractivity contribution < 1.29 is 28.0 Å². The summed E-state index contributed by atoms with van der Waals surface area (Å²) in [6, 6.07) is 9.94. The van der Waals surface area contributed by atoms with E-state index in [1.54, 1.807) is 17.9 Å². The number of nitro benzene ring substituents is 1. The topological polar surface area (TPSA) is 93.0 Å². The Morgan fingerprint density at radius 1 is 1.03 bits per heavy atom. The molecule has 0 unspecified atom stereocenters. The first-order valence-corrected chi connectivity index (χ1v) is 9.15. The molecule has 10 heteroatoms. The first-order chi connectivity index (χ1) is 14.3. The van der Waals surface area contributed by atoms with Crippen LogP contribution >= 0.6 is 0 Å². The van der Waals surface area contributed by atoms with Crippen LogP contribution in [0.3, 0.4) is 0 Å². The van der Waals surface area contributed by atoms with Gasteiger partial charge in [-0.25, -0.2) is 0 Å². The Labute approximate surface area is 170 Å². The molecule has 0 spiro atoms. The number of aryl methyl sites for hydroxylation is 1. The summed E-state index contributed by atoms with van der Waals surface area (Å²) in [4.78, 5) is 38.9. The van der Waals surface area contributed by atoms with Crippen LogP contribution in [-0.4, -0.2) is 59.3 Å². The molecule has 1 fully saturated rings. The lowest BCUT2D eigenvalue weighted by Gasteiger charge is -2.35. The zero-order valence-corrected chi connectivity index (χ0v) is 16.1. The monoisotopic (exact) mass is 419 g/mol. The summed E-state index contributed by atoms with van der Waals surface area (Å²) in [5.41, 5.74) is 0.680. The summed E-state index contributed by atoms with van der Waals surface area (Å²) in [6.45, 7) is -0.542. The molecule has 2 amide bonds. The van der Waals surface area contributed by atoms with Crippen LogP contribution in [0.2, 0.25) is 0 Å². The van der Waals surface area contributed by atoms with Crippen molar-refractivity contribution in [2.75, 3.05) is 26.2 Å². The first-order valence-electron chi connectivity index (χ1n) is 9.15. The first kappa shape index (κ1) is 21.2. The molecule has 0 bridgehead atoms. The number of amides is 2. The molecule has 158 valence electrons. The lowest BCUT2D eigenvalue weighted by Crippen LogP contribution is -2.50. The van der Waals surface area contributed by atoms with Crippen LogP contribution in [0.4, 0.5) is 14.5 Å². The van der Waals surface area contributed by atoms with Gasteiger partial charge in [0.05, 0.1) is 10.5 Å². The largest absolute Gasteiger partial charge is 0.434 e. The number of nitro groups is 1. The third-order valence-corrected chi connectivity index (χ3v) is 4.83. The molecule has 0 aliphatic carbocycles. The highest BCUT2D eigenvalue weighted by Crippen LogP contribution is 2.23. The van der Waals surface area contributed by atoms with Gasteiger partial charge in [-0.2, -0.15) is 8.78 Å². The second kappa shape index (κ2) is 8.85. The van der Waals surface area contributed by atoms with Gasteiger partial charge in [0.2, 0.25) is 0 Å². The van der Waals surface area contributed by atoms with E-state index in [2.05, 4.69) is 4.74 Å². The third kappa shape index (κ3) is 4.53. The van der Waals surface area contributed by atoms with Gasteiger partial charge < -0.3 is 14.5 Å². The molecule has 2 aromatic rings. The minimum Gasteiger partial charge on any atom is -0.434 e. The van der Waals surface area contributed by atoms with Crippen LogP contribution in [-0.2, 0) is 0 Å². The number of ether oxygens (including phenoxy) is 1. The van der Waals surface area contributed by atoms with Crippen LogP contribution in [0.25, 0.3) is 0 Å². The zero-order valence-electron chi connectivity index (χ0n) is 16.1. The minimum absolute atomic E-state index is 0.0311. The van der Waals surface area contributed by atoms with E-state index in [4.69, 9.17) is 0 Å². The average Bonchev–Trinajstić information content (AvgIpc) is 2.72. The number of nitrogens with zero attached hydrogens (tertiary/aromatic N) is 3. The van der Waals surface area contributed by atoms with E-state index in [0.29, 0.717) is 11.1 Å². The highest BCUT2D eigenvalue weighted by molar-refractivity contribution is 5.98. The number of carbonyl (C=O) groups excluding carboxylic acids is 2. The smallest absolute Gasteiger partial charge is 0.387 e. The predicted molar refractivity (Wildman–Crippen MR) is 103 cm³/mol. The van der Waals surface area contributed by atoms with Crippen molar-refractivity contribution in [1.82, 2.24) is 9.80 Å².